The van der Waals surface area contributed by atoms with Gasteiger partial charge in [0, 0.05) is 5.56 Å². The van der Waals surface area contributed by atoms with Gasteiger partial charge in [-0.1, -0.05) is 0 Å². The highest BCUT2D eigenvalue weighted by Crippen LogP contribution is 2.39. The second-order valence-corrected chi connectivity index (χ2v) is 5.81. The van der Waals surface area contributed by atoms with Crippen molar-refractivity contribution in [3.63, 3.8) is 0 Å². The van der Waals surface area contributed by atoms with Gasteiger partial charge in [-0.2, -0.15) is 0 Å². The SMILES string of the molecule is CCOc1ccc(C2=N/C(=C/c3cc4c(cc3[N+](=O)[O-])OCO4)C(=O)O2)cc1. The molecule has 0 bridgehead atoms. The molecule has 9 nitrogen and oxygen atoms in total. The lowest BCUT2D eigenvalue weighted by Crippen LogP contribution is -2.05. The van der Waals surface area contributed by atoms with E-state index in [1.807, 2.05) is 6.92 Å². The largest absolute Gasteiger partial charge is 0.494 e. The first-order valence-electron chi connectivity index (χ1n) is 8.39. The van der Waals surface area contributed by atoms with Crippen LogP contribution in [-0.2, 0) is 9.53 Å². The number of fused-ring (bicyclic) bond motifs is 1. The molecule has 0 fully saturated rings. The zero-order chi connectivity index (χ0) is 19.7. The van der Waals surface area contributed by atoms with E-state index < -0.39 is 10.9 Å². The zero-order valence-corrected chi connectivity index (χ0v) is 14.7. The first kappa shape index (κ1) is 17.5. The van der Waals surface area contributed by atoms with Gasteiger partial charge in [0.05, 0.1) is 23.2 Å². The molecule has 142 valence electrons. The van der Waals surface area contributed by atoms with Crippen LogP contribution in [0.2, 0.25) is 0 Å². The van der Waals surface area contributed by atoms with Crippen molar-refractivity contribution in [1.29, 1.82) is 0 Å². The van der Waals surface area contributed by atoms with Crippen molar-refractivity contribution in [3.05, 3.63) is 63.3 Å². The molecule has 2 aromatic rings. The number of cyclic esters (lactones) is 1. The van der Waals surface area contributed by atoms with Gasteiger partial charge in [0.25, 0.3) is 5.69 Å². The number of nitro groups is 1. The predicted molar refractivity (Wildman–Crippen MR) is 97.4 cm³/mol. The molecule has 0 aromatic heterocycles. The molecule has 2 aromatic carbocycles. The number of aliphatic imine (C=N–C) groups is 1. The lowest BCUT2D eigenvalue weighted by Gasteiger charge is -2.03. The van der Waals surface area contributed by atoms with Crippen molar-refractivity contribution < 1.29 is 28.7 Å². The van der Waals surface area contributed by atoms with Crippen LogP contribution in [0.15, 0.2) is 47.1 Å². The van der Waals surface area contributed by atoms with Crippen LogP contribution in [0.4, 0.5) is 5.69 Å². The number of nitrogens with zero attached hydrogens (tertiary/aromatic N) is 2. The van der Waals surface area contributed by atoms with Crippen LogP contribution in [0.25, 0.3) is 6.08 Å². The van der Waals surface area contributed by atoms with Crippen LogP contribution < -0.4 is 14.2 Å². The van der Waals surface area contributed by atoms with Gasteiger partial charge in [-0.25, -0.2) is 9.79 Å². The third kappa shape index (κ3) is 3.25. The average Bonchev–Trinajstić information content (AvgIpc) is 3.28. The fraction of sp³-hybridized carbons (Fsp3) is 0.158. The number of hydrogen-bond donors (Lipinski definition) is 0. The van der Waals surface area contributed by atoms with Crippen LogP contribution in [0.3, 0.4) is 0 Å². The lowest BCUT2D eigenvalue weighted by atomic mass is 10.1. The Morgan fingerprint density at radius 3 is 2.61 bits per heavy atom. The molecule has 0 unspecified atom stereocenters. The minimum atomic E-state index is -0.698. The molecule has 2 aliphatic heterocycles. The van der Waals surface area contributed by atoms with E-state index in [4.69, 9.17) is 18.9 Å². The van der Waals surface area contributed by atoms with Crippen molar-refractivity contribution in [3.8, 4) is 17.2 Å². The number of esters is 1. The number of benzene rings is 2. The zero-order valence-electron chi connectivity index (χ0n) is 14.7. The van der Waals surface area contributed by atoms with Gasteiger partial charge < -0.3 is 18.9 Å². The molecule has 0 spiro atoms. The van der Waals surface area contributed by atoms with Crippen molar-refractivity contribution >= 4 is 23.6 Å². The van der Waals surface area contributed by atoms with Gasteiger partial charge in [0.1, 0.15) is 5.75 Å². The maximum Gasteiger partial charge on any atom is 0.363 e. The normalized spacial score (nSPS) is 16.1. The summed E-state index contributed by atoms with van der Waals surface area (Å²) in [5, 5.41) is 11.4. The topological polar surface area (TPSA) is 109 Å². The molecule has 0 atom stereocenters. The van der Waals surface area contributed by atoms with Crippen molar-refractivity contribution in [2.24, 2.45) is 4.99 Å². The molecule has 0 radical (unpaired) electrons. The van der Waals surface area contributed by atoms with Gasteiger partial charge in [-0.3, -0.25) is 10.1 Å². The summed E-state index contributed by atoms with van der Waals surface area (Å²) in [6.45, 7) is 2.40. The van der Waals surface area contributed by atoms with Crippen LogP contribution >= 0.6 is 0 Å². The molecule has 0 N–H and O–H groups in total. The maximum atomic E-state index is 12.2. The maximum absolute atomic E-state index is 12.2. The number of carbonyl (C=O) groups excluding carboxylic acids is 1. The third-order valence-electron chi connectivity index (χ3n) is 4.04. The minimum absolute atomic E-state index is 0.0193. The van der Waals surface area contributed by atoms with Gasteiger partial charge in [0.2, 0.25) is 12.7 Å². The summed E-state index contributed by atoms with van der Waals surface area (Å²) >= 11 is 0. The first-order chi connectivity index (χ1) is 13.5. The molecular formula is C19H14N2O7. The summed E-state index contributed by atoms with van der Waals surface area (Å²) in [7, 11) is 0. The molecule has 4 rings (SSSR count). The van der Waals surface area contributed by atoms with Crippen molar-refractivity contribution in [1.82, 2.24) is 0 Å². The average molecular weight is 382 g/mol. The molecule has 28 heavy (non-hydrogen) atoms. The van der Waals surface area contributed by atoms with Gasteiger partial charge in [0.15, 0.2) is 17.2 Å². The number of carbonyl (C=O) groups is 1. The monoisotopic (exact) mass is 382 g/mol. The van der Waals surface area contributed by atoms with E-state index in [2.05, 4.69) is 4.99 Å². The Bertz CT molecular complexity index is 1030. The number of rotatable bonds is 5. The summed E-state index contributed by atoms with van der Waals surface area (Å²) in [6, 6.07) is 9.59. The van der Waals surface area contributed by atoms with Crippen molar-refractivity contribution in [2.75, 3.05) is 13.4 Å². The fourth-order valence-corrected chi connectivity index (χ4v) is 2.76. The standard InChI is InChI=1S/C19H14N2O7/c1-2-25-13-5-3-11(4-6-13)18-20-14(19(22)28-18)7-12-8-16-17(27-10-26-16)9-15(12)21(23)24/h3-9H,2,10H2,1H3/b14-7+. The number of hydrogen-bond acceptors (Lipinski definition) is 8. The van der Waals surface area contributed by atoms with Crippen LogP contribution in [0.1, 0.15) is 18.1 Å². The van der Waals surface area contributed by atoms with E-state index in [-0.39, 0.29) is 35.4 Å². The summed E-state index contributed by atoms with van der Waals surface area (Å²) in [6.07, 6.45) is 1.30. The third-order valence-corrected chi connectivity index (χ3v) is 4.04. The Kier molecular flexibility index (Phi) is 4.40. The van der Waals surface area contributed by atoms with E-state index in [0.717, 1.165) is 0 Å². The van der Waals surface area contributed by atoms with E-state index in [0.29, 0.717) is 23.7 Å². The summed E-state index contributed by atoms with van der Waals surface area (Å²) in [5.41, 5.74) is 0.471. The number of nitro benzene ring substituents is 1. The minimum Gasteiger partial charge on any atom is -0.494 e. The van der Waals surface area contributed by atoms with E-state index in [9.17, 15) is 14.9 Å². The van der Waals surface area contributed by atoms with Gasteiger partial charge >= 0.3 is 5.97 Å². The Balaban J connectivity index is 1.68. The van der Waals surface area contributed by atoms with Crippen molar-refractivity contribution in [2.45, 2.75) is 6.92 Å². The Morgan fingerprint density at radius 2 is 1.93 bits per heavy atom. The second-order valence-electron chi connectivity index (χ2n) is 5.81. The van der Waals surface area contributed by atoms with E-state index >= 15 is 0 Å². The highest BCUT2D eigenvalue weighted by atomic mass is 16.7. The molecule has 0 amide bonds. The van der Waals surface area contributed by atoms with E-state index in [1.165, 1.54) is 18.2 Å². The molecule has 9 heteroatoms. The summed E-state index contributed by atoms with van der Waals surface area (Å²) < 4.78 is 21.0. The molecular weight excluding hydrogens is 368 g/mol. The second kappa shape index (κ2) is 7.03. The molecule has 2 heterocycles. The Labute approximate surface area is 159 Å². The van der Waals surface area contributed by atoms with Crippen LogP contribution in [-0.4, -0.2) is 30.2 Å². The molecule has 0 aliphatic carbocycles. The van der Waals surface area contributed by atoms with Gasteiger partial charge in [-0.15, -0.1) is 0 Å². The lowest BCUT2D eigenvalue weighted by molar-refractivity contribution is -0.385. The predicted octanol–water partition coefficient (Wildman–Crippen LogP) is 3.07. The smallest absolute Gasteiger partial charge is 0.363 e. The molecule has 0 saturated carbocycles. The van der Waals surface area contributed by atoms with E-state index in [1.54, 1.807) is 24.3 Å². The Hall–Kier alpha value is -3.88. The molecule has 2 aliphatic rings. The number of ether oxygens (including phenoxy) is 4. The highest BCUT2D eigenvalue weighted by molar-refractivity contribution is 6.13. The fourth-order valence-electron chi connectivity index (χ4n) is 2.76. The quantitative estimate of drug-likeness (QED) is 0.338. The highest BCUT2D eigenvalue weighted by Gasteiger charge is 2.27. The summed E-state index contributed by atoms with van der Waals surface area (Å²) in [4.78, 5) is 27.2. The molecule has 0 saturated heterocycles. The Morgan fingerprint density at radius 1 is 1.21 bits per heavy atom. The van der Waals surface area contributed by atoms with Crippen LogP contribution in [0, 0.1) is 10.1 Å². The first-order valence-corrected chi connectivity index (χ1v) is 8.39. The van der Waals surface area contributed by atoms with Crippen LogP contribution in [0.5, 0.6) is 17.2 Å². The summed E-state index contributed by atoms with van der Waals surface area (Å²) in [5.74, 6) is 0.738. The van der Waals surface area contributed by atoms with Gasteiger partial charge in [-0.05, 0) is 43.3 Å².